The Morgan fingerprint density at radius 1 is 1.32 bits per heavy atom. The van der Waals surface area contributed by atoms with Gasteiger partial charge < -0.3 is 14.8 Å². The molecule has 0 spiro atoms. The van der Waals surface area contributed by atoms with Crippen LogP contribution in [0.4, 0.5) is 4.79 Å². The summed E-state index contributed by atoms with van der Waals surface area (Å²) in [6.07, 6.45) is -0.439. The van der Waals surface area contributed by atoms with Crippen LogP contribution in [0.3, 0.4) is 0 Å². The van der Waals surface area contributed by atoms with Gasteiger partial charge in [-0.3, -0.25) is 4.79 Å². The molecule has 0 aliphatic rings. The summed E-state index contributed by atoms with van der Waals surface area (Å²) in [6, 6.07) is -0.450. The molecule has 1 rings (SSSR count). The molecule has 1 unspecified atom stereocenters. The maximum absolute atomic E-state index is 12.3. The quantitative estimate of drug-likeness (QED) is 0.813. The predicted molar refractivity (Wildman–Crippen MR) is 85.6 cm³/mol. The van der Waals surface area contributed by atoms with Gasteiger partial charge in [-0.25, -0.2) is 9.78 Å². The number of rotatable bonds is 6. The Balaban J connectivity index is 2.69. The first-order valence-electron chi connectivity index (χ1n) is 7.08. The summed E-state index contributed by atoms with van der Waals surface area (Å²) in [5, 5.41) is 3.52. The maximum Gasteiger partial charge on any atom is 0.407 e. The van der Waals surface area contributed by atoms with E-state index in [4.69, 9.17) is 9.47 Å². The summed E-state index contributed by atoms with van der Waals surface area (Å²) in [4.78, 5) is 29.3. The molecule has 0 aliphatic heterocycles. The van der Waals surface area contributed by atoms with Crippen LogP contribution >= 0.6 is 11.3 Å². The molecule has 22 heavy (non-hydrogen) atoms. The SMILES string of the molecule is COCC(CC(=O)c1nc(C)sc1C)NC(=O)OC(C)(C)C. The Labute approximate surface area is 135 Å². The number of hydrogen-bond donors (Lipinski definition) is 1. The van der Waals surface area contributed by atoms with Crippen molar-refractivity contribution in [2.24, 2.45) is 0 Å². The van der Waals surface area contributed by atoms with Crippen molar-refractivity contribution in [1.82, 2.24) is 10.3 Å². The van der Waals surface area contributed by atoms with Gasteiger partial charge in [0.2, 0.25) is 0 Å². The van der Waals surface area contributed by atoms with Gasteiger partial charge in [-0.15, -0.1) is 11.3 Å². The third-order valence-corrected chi connectivity index (χ3v) is 3.57. The van der Waals surface area contributed by atoms with Crippen LogP contribution in [0.1, 0.15) is 47.6 Å². The van der Waals surface area contributed by atoms with Crippen LogP contribution in [0.15, 0.2) is 0 Å². The summed E-state index contributed by atoms with van der Waals surface area (Å²) in [7, 11) is 1.52. The van der Waals surface area contributed by atoms with Gasteiger partial charge in [-0.05, 0) is 34.6 Å². The maximum atomic E-state index is 12.3. The molecule has 1 aromatic heterocycles. The topological polar surface area (TPSA) is 77.5 Å². The Kier molecular flexibility index (Phi) is 6.49. The number of thiazole rings is 1. The van der Waals surface area contributed by atoms with E-state index in [0.29, 0.717) is 5.69 Å². The van der Waals surface area contributed by atoms with Crippen molar-refractivity contribution in [3.63, 3.8) is 0 Å². The van der Waals surface area contributed by atoms with Crippen molar-refractivity contribution in [3.8, 4) is 0 Å². The van der Waals surface area contributed by atoms with E-state index < -0.39 is 17.7 Å². The molecule has 1 amide bonds. The van der Waals surface area contributed by atoms with E-state index in [9.17, 15) is 9.59 Å². The van der Waals surface area contributed by atoms with Crippen LogP contribution < -0.4 is 5.32 Å². The Morgan fingerprint density at radius 3 is 2.41 bits per heavy atom. The van der Waals surface area contributed by atoms with Crippen LogP contribution in [-0.2, 0) is 9.47 Å². The average molecular weight is 328 g/mol. The number of hydrogen-bond acceptors (Lipinski definition) is 6. The minimum atomic E-state index is -0.589. The lowest BCUT2D eigenvalue weighted by molar-refractivity contribution is 0.0464. The summed E-state index contributed by atoms with van der Waals surface area (Å²) >= 11 is 1.48. The highest BCUT2D eigenvalue weighted by atomic mass is 32.1. The van der Waals surface area contributed by atoms with E-state index >= 15 is 0 Å². The first-order chi connectivity index (χ1) is 10.1. The fourth-order valence-electron chi connectivity index (χ4n) is 1.94. The number of carbonyl (C=O) groups is 2. The smallest absolute Gasteiger partial charge is 0.407 e. The highest BCUT2D eigenvalue weighted by Crippen LogP contribution is 2.18. The zero-order valence-electron chi connectivity index (χ0n) is 14.0. The molecular formula is C15H24N2O4S. The van der Waals surface area contributed by atoms with E-state index in [2.05, 4.69) is 10.3 Å². The zero-order valence-corrected chi connectivity index (χ0v) is 14.8. The van der Waals surface area contributed by atoms with Crippen LogP contribution in [0.2, 0.25) is 0 Å². The number of amides is 1. The van der Waals surface area contributed by atoms with Gasteiger partial charge >= 0.3 is 6.09 Å². The van der Waals surface area contributed by atoms with Crippen LogP contribution in [0, 0.1) is 13.8 Å². The fraction of sp³-hybridized carbons (Fsp3) is 0.667. The number of aromatic nitrogens is 1. The molecule has 0 radical (unpaired) electrons. The average Bonchev–Trinajstić information content (AvgIpc) is 2.66. The number of nitrogens with zero attached hydrogens (tertiary/aromatic N) is 1. The Hall–Kier alpha value is -1.47. The second kappa shape index (κ2) is 7.69. The lowest BCUT2D eigenvalue weighted by atomic mass is 10.1. The van der Waals surface area contributed by atoms with Crippen LogP contribution in [-0.4, -0.2) is 42.2 Å². The number of alkyl carbamates (subject to hydrolysis) is 1. The molecule has 7 heteroatoms. The predicted octanol–water partition coefficient (Wildman–Crippen LogP) is 2.87. The summed E-state index contributed by atoms with van der Waals surface area (Å²) in [5.41, 5.74) is -0.122. The number of methoxy groups -OCH3 is 1. The van der Waals surface area contributed by atoms with E-state index in [1.807, 2.05) is 13.8 Å². The minimum absolute atomic E-state index is 0.111. The fourth-order valence-corrected chi connectivity index (χ4v) is 2.77. The number of ketones is 1. The molecule has 0 saturated heterocycles. The van der Waals surface area contributed by atoms with Gasteiger partial charge in [0.1, 0.15) is 11.3 Å². The standard InChI is InChI=1S/C15H24N2O4S/c1-9-13(16-10(2)22-9)12(18)7-11(8-20-6)17-14(19)21-15(3,4)5/h11H,7-8H2,1-6H3,(H,17,19). The Morgan fingerprint density at radius 2 is 1.95 bits per heavy atom. The van der Waals surface area contributed by atoms with E-state index in [-0.39, 0.29) is 18.8 Å². The monoisotopic (exact) mass is 328 g/mol. The lowest BCUT2D eigenvalue weighted by Gasteiger charge is -2.23. The van der Waals surface area contributed by atoms with Crippen LogP contribution in [0.25, 0.3) is 0 Å². The molecule has 0 aliphatic carbocycles. The highest BCUT2D eigenvalue weighted by molar-refractivity contribution is 7.11. The van der Waals surface area contributed by atoms with Crippen molar-refractivity contribution >= 4 is 23.2 Å². The van der Waals surface area contributed by atoms with Crippen LogP contribution in [0.5, 0.6) is 0 Å². The number of carbonyl (C=O) groups excluding carboxylic acids is 2. The molecule has 0 bridgehead atoms. The van der Waals surface area contributed by atoms with Gasteiger partial charge in [-0.1, -0.05) is 0 Å². The molecule has 1 heterocycles. The van der Waals surface area contributed by atoms with Crippen molar-refractivity contribution in [2.45, 2.75) is 52.7 Å². The van der Waals surface area contributed by atoms with E-state index in [0.717, 1.165) is 9.88 Å². The molecular weight excluding hydrogens is 304 g/mol. The number of nitrogens with one attached hydrogen (secondary N) is 1. The number of aryl methyl sites for hydroxylation is 2. The molecule has 1 N–H and O–H groups in total. The van der Waals surface area contributed by atoms with Crippen molar-refractivity contribution in [2.75, 3.05) is 13.7 Å². The van der Waals surface area contributed by atoms with Crippen molar-refractivity contribution in [3.05, 3.63) is 15.6 Å². The van der Waals surface area contributed by atoms with E-state index in [1.165, 1.54) is 18.4 Å². The first-order valence-corrected chi connectivity index (χ1v) is 7.89. The van der Waals surface area contributed by atoms with Crippen molar-refractivity contribution < 1.29 is 19.1 Å². The second-order valence-corrected chi connectivity index (χ2v) is 7.47. The largest absolute Gasteiger partial charge is 0.444 e. The van der Waals surface area contributed by atoms with E-state index in [1.54, 1.807) is 20.8 Å². The lowest BCUT2D eigenvalue weighted by Crippen LogP contribution is -2.42. The van der Waals surface area contributed by atoms with Gasteiger partial charge in [0.05, 0.1) is 17.7 Å². The summed E-state index contributed by atoms with van der Waals surface area (Å²) < 4.78 is 10.3. The van der Waals surface area contributed by atoms with Gasteiger partial charge in [0.15, 0.2) is 5.78 Å². The first kappa shape index (κ1) is 18.6. The van der Waals surface area contributed by atoms with Gasteiger partial charge in [-0.2, -0.15) is 0 Å². The molecule has 0 saturated carbocycles. The third-order valence-electron chi connectivity index (χ3n) is 2.69. The zero-order chi connectivity index (χ0) is 16.9. The van der Waals surface area contributed by atoms with Gasteiger partial charge in [0, 0.05) is 18.4 Å². The van der Waals surface area contributed by atoms with Gasteiger partial charge in [0.25, 0.3) is 0 Å². The normalized spacial score (nSPS) is 12.8. The van der Waals surface area contributed by atoms with Crippen molar-refractivity contribution in [1.29, 1.82) is 0 Å². The summed E-state index contributed by atoms with van der Waals surface area (Å²) in [5.74, 6) is -0.111. The molecule has 1 atom stereocenters. The minimum Gasteiger partial charge on any atom is -0.444 e. The molecule has 0 aromatic carbocycles. The number of Topliss-reactive ketones (excluding diaryl/α,β-unsaturated/α-hetero) is 1. The summed E-state index contributed by atoms with van der Waals surface area (Å²) in [6.45, 7) is 9.30. The molecule has 124 valence electrons. The molecule has 6 nitrogen and oxygen atoms in total. The molecule has 0 fully saturated rings. The number of ether oxygens (including phenoxy) is 2. The third kappa shape index (κ3) is 6.11. The second-order valence-electron chi connectivity index (χ2n) is 6.06. The highest BCUT2D eigenvalue weighted by Gasteiger charge is 2.23. The molecule has 1 aromatic rings. The Bertz CT molecular complexity index is 534.